The predicted molar refractivity (Wildman–Crippen MR) is 90.0 cm³/mol. The molecule has 1 aromatic rings. The van der Waals surface area contributed by atoms with Gasteiger partial charge in [-0.2, -0.15) is 8.68 Å². The molecule has 0 spiro atoms. The molecule has 3 fully saturated rings. The van der Waals surface area contributed by atoms with Gasteiger partial charge in [-0.05, 0) is 24.4 Å². The molecule has 0 saturated carbocycles. The lowest BCUT2D eigenvalue weighted by atomic mass is 9.79. The van der Waals surface area contributed by atoms with Gasteiger partial charge in [0.25, 0.3) is 0 Å². The molecule has 0 aliphatic carbocycles. The molecule has 10 heteroatoms. The molecule has 0 bridgehead atoms. The van der Waals surface area contributed by atoms with Crippen LogP contribution in [0.25, 0.3) is 0 Å². The number of hydrogen-bond donors (Lipinski definition) is 0. The summed E-state index contributed by atoms with van der Waals surface area (Å²) < 4.78 is 42.1. The van der Waals surface area contributed by atoms with Crippen LogP contribution in [0.5, 0.6) is 5.88 Å². The van der Waals surface area contributed by atoms with E-state index in [-0.39, 0.29) is 35.8 Å². The first kappa shape index (κ1) is 17.2. The highest BCUT2D eigenvalue weighted by atomic mass is 32.2. The smallest absolute Gasteiger partial charge is 0.249 e. The molecule has 1 amide bonds. The van der Waals surface area contributed by atoms with Gasteiger partial charge in [-0.1, -0.05) is 0 Å². The number of aromatic nitrogens is 1. The van der Waals surface area contributed by atoms with Gasteiger partial charge in [0.1, 0.15) is 0 Å². The standard InChI is InChI=1S/C15H21N3O5S2/c1-22-13-12(8-24-16-13)25(20,21)18-6-11-7-23-10-15(11,9-18)14(19)17-4-2-3-5-17/h8,11H,2-7,9-10H2,1H3/t11-,15-/m1/s1. The minimum atomic E-state index is -3.75. The molecule has 1 aromatic heterocycles. The third-order valence-corrected chi connectivity index (χ3v) is 8.05. The van der Waals surface area contributed by atoms with E-state index >= 15 is 0 Å². The number of methoxy groups -OCH3 is 1. The first-order chi connectivity index (χ1) is 12.0. The average molecular weight is 387 g/mol. The van der Waals surface area contributed by atoms with Crippen LogP contribution in [0, 0.1) is 11.3 Å². The quantitative estimate of drug-likeness (QED) is 0.744. The molecular formula is C15H21N3O5S2. The normalized spacial score (nSPS) is 30.0. The molecule has 138 valence electrons. The number of likely N-dealkylation sites (tertiary alicyclic amines) is 1. The van der Waals surface area contributed by atoms with Crippen molar-refractivity contribution in [1.29, 1.82) is 0 Å². The minimum Gasteiger partial charge on any atom is -0.479 e. The van der Waals surface area contributed by atoms with Crippen molar-refractivity contribution < 1.29 is 22.7 Å². The monoisotopic (exact) mass is 387 g/mol. The summed E-state index contributed by atoms with van der Waals surface area (Å²) in [4.78, 5) is 15.1. The number of sulfonamides is 1. The molecule has 3 saturated heterocycles. The fourth-order valence-electron chi connectivity index (χ4n) is 4.08. The highest BCUT2D eigenvalue weighted by Crippen LogP contribution is 2.45. The Bertz CT molecular complexity index is 774. The van der Waals surface area contributed by atoms with Gasteiger partial charge >= 0.3 is 0 Å². The second kappa shape index (κ2) is 6.19. The van der Waals surface area contributed by atoms with E-state index < -0.39 is 15.4 Å². The summed E-state index contributed by atoms with van der Waals surface area (Å²) in [6, 6.07) is 0. The summed E-state index contributed by atoms with van der Waals surface area (Å²) in [5, 5.41) is 1.48. The van der Waals surface area contributed by atoms with Crippen molar-refractivity contribution in [3.8, 4) is 5.88 Å². The van der Waals surface area contributed by atoms with E-state index in [1.807, 2.05) is 4.90 Å². The number of rotatable bonds is 4. The second-order valence-electron chi connectivity index (χ2n) is 6.85. The Morgan fingerprint density at radius 2 is 2.20 bits per heavy atom. The van der Waals surface area contributed by atoms with Crippen LogP contribution < -0.4 is 4.74 Å². The van der Waals surface area contributed by atoms with Crippen molar-refractivity contribution in [2.24, 2.45) is 11.3 Å². The average Bonchev–Trinajstić information content (AvgIpc) is 3.36. The highest BCUT2D eigenvalue weighted by Gasteiger charge is 2.59. The van der Waals surface area contributed by atoms with E-state index in [2.05, 4.69) is 4.37 Å². The number of ether oxygens (including phenoxy) is 2. The summed E-state index contributed by atoms with van der Waals surface area (Å²) >= 11 is 1.04. The Labute approximate surface area is 150 Å². The van der Waals surface area contributed by atoms with Crippen LogP contribution in [-0.4, -0.2) is 74.4 Å². The van der Waals surface area contributed by atoms with Crippen LogP contribution in [0.3, 0.4) is 0 Å². The summed E-state index contributed by atoms with van der Waals surface area (Å²) in [6.45, 7) is 2.67. The fraction of sp³-hybridized carbons (Fsp3) is 0.733. The summed E-state index contributed by atoms with van der Waals surface area (Å²) in [6.07, 6.45) is 2.01. The number of nitrogens with zero attached hydrogens (tertiary/aromatic N) is 3. The van der Waals surface area contributed by atoms with Crippen molar-refractivity contribution in [3.05, 3.63) is 5.38 Å². The fourth-order valence-corrected chi connectivity index (χ4v) is 6.67. The lowest BCUT2D eigenvalue weighted by Crippen LogP contribution is -2.48. The largest absolute Gasteiger partial charge is 0.479 e. The zero-order valence-electron chi connectivity index (χ0n) is 14.0. The van der Waals surface area contributed by atoms with Gasteiger partial charge in [0, 0.05) is 37.5 Å². The molecule has 4 heterocycles. The Morgan fingerprint density at radius 3 is 2.92 bits per heavy atom. The van der Waals surface area contributed by atoms with Crippen molar-refractivity contribution in [2.75, 3.05) is 46.5 Å². The summed E-state index contributed by atoms with van der Waals surface area (Å²) in [7, 11) is -2.34. The first-order valence-corrected chi connectivity index (χ1v) is 10.6. The topological polar surface area (TPSA) is 89.0 Å². The van der Waals surface area contributed by atoms with Crippen LogP contribution in [0.1, 0.15) is 12.8 Å². The molecule has 8 nitrogen and oxygen atoms in total. The minimum absolute atomic E-state index is 0.0422. The van der Waals surface area contributed by atoms with E-state index in [9.17, 15) is 13.2 Å². The van der Waals surface area contributed by atoms with Crippen LogP contribution in [0.2, 0.25) is 0 Å². The summed E-state index contributed by atoms with van der Waals surface area (Å²) in [5.74, 6) is 0.0480. The van der Waals surface area contributed by atoms with Crippen molar-refractivity contribution in [2.45, 2.75) is 17.7 Å². The number of carbonyl (C=O) groups is 1. The molecule has 4 rings (SSSR count). The van der Waals surface area contributed by atoms with E-state index in [0.717, 1.165) is 37.5 Å². The molecule has 2 atom stereocenters. The first-order valence-electron chi connectivity index (χ1n) is 8.35. The maximum absolute atomic E-state index is 13.1. The maximum Gasteiger partial charge on any atom is 0.249 e. The van der Waals surface area contributed by atoms with Crippen molar-refractivity contribution in [3.63, 3.8) is 0 Å². The lowest BCUT2D eigenvalue weighted by Gasteiger charge is -2.30. The third kappa shape index (κ3) is 2.57. The van der Waals surface area contributed by atoms with Gasteiger partial charge in [-0.15, -0.1) is 0 Å². The van der Waals surface area contributed by atoms with Gasteiger partial charge in [-0.3, -0.25) is 4.79 Å². The Morgan fingerprint density at radius 1 is 1.44 bits per heavy atom. The van der Waals surface area contributed by atoms with Crippen LogP contribution in [-0.2, 0) is 19.6 Å². The van der Waals surface area contributed by atoms with Crippen LogP contribution in [0.4, 0.5) is 0 Å². The highest BCUT2D eigenvalue weighted by molar-refractivity contribution is 7.89. The van der Waals surface area contributed by atoms with E-state index in [4.69, 9.17) is 9.47 Å². The molecule has 3 aliphatic heterocycles. The molecule has 0 N–H and O–H groups in total. The molecule has 0 radical (unpaired) electrons. The SMILES string of the molecule is COc1nscc1S(=O)(=O)N1C[C@@H]2COC[C@]2(C(=O)N2CCCC2)C1. The summed E-state index contributed by atoms with van der Waals surface area (Å²) in [5.41, 5.74) is -0.756. The Balaban J connectivity index is 1.63. The zero-order valence-corrected chi connectivity index (χ0v) is 15.6. The van der Waals surface area contributed by atoms with Crippen molar-refractivity contribution >= 4 is 27.5 Å². The number of carbonyl (C=O) groups excluding carboxylic acids is 1. The molecule has 0 unspecified atom stereocenters. The maximum atomic E-state index is 13.1. The van der Waals surface area contributed by atoms with Crippen LogP contribution >= 0.6 is 11.5 Å². The molecule has 25 heavy (non-hydrogen) atoms. The molecule has 0 aromatic carbocycles. The second-order valence-corrected chi connectivity index (χ2v) is 9.39. The number of fused-ring (bicyclic) bond motifs is 1. The van der Waals surface area contributed by atoms with Crippen molar-refractivity contribution in [1.82, 2.24) is 13.6 Å². The Hall–Kier alpha value is -1.23. The van der Waals surface area contributed by atoms with Gasteiger partial charge < -0.3 is 14.4 Å². The zero-order chi connectivity index (χ0) is 17.7. The van der Waals surface area contributed by atoms with Gasteiger partial charge in [0.05, 0.1) is 25.7 Å². The molecule has 3 aliphatic rings. The van der Waals surface area contributed by atoms with E-state index in [1.54, 1.807) is 0 Å². The van der Waals surface area contributed by atoms with Gasteiger partial charge in [-0.25, -0.2) is 8.42 Å². The predicted octanol–water partition coefficient (Wildman–Crippen LogP) is 0.411. The third-order valence-electron chi connectivity index (χ3n) is 5.48. The lowest BCUT2D eigenvalue weighted by molar-refractivity contribution is -0.141. The van der Waals surface area contributed by atoms with Gasteiger partial charge in [0.15, 0.2) is 4.90 Å². The van der Waals surface area contributed by atoms with E-state index in [1.165, 1.54) is 16.8 Å². The Kier molecular flexibility index (Phi) is 4.25. The van der Waals surface area contributed by atoms with E-state index in [0.29, 0.717) is 13.2 Å². The number of hydrogen-bond acceptors (Lipinski definition) is 7. The van der Waals surface area contributed by atoms with Crippen LogP contribution in [0.15, 0.2) is 10.3 Å². The molecular weight excluding hydrogens is 366 g/mol. The number of amides is 1. The van der Waals surface area contributed by atoms with Gasteiger partial charge in [0.2, 0.25) is 21.8 Å².